The van der Waals surface area contributed by atoms with Gasteiger partial charge < -0.3 is 14.3 Å². The van der Waals surface area contributed by atoms with Crippen LogP contribution in [0.15, 0.2) is 66.7 Å². The number of ether oxygens (including phenoxy) is 1. The molecule has 4 heteroatoms. The fraction of sp³-hybridized carbons (Fsp3) is 0.407. The van der Waals surface area contributed by atoms with Gasteiger partial charge in [0.1, 0.15) is 12.4 Å². The maximum absolute atomic E-state index is 11.1. The molecular weight excluding hydrogens is 400 g/mol. The molecule has 0 saturated carbocycles. The van der Waals surface area contributed by atoms with Crippen LogP contribution in [0.25, 0.3) is 10.8 Å². The van der Waals surface area contributed by atoms with Gasteiger partial charge in [-0.3, -0.25) is 0 Å². The van der Waals surface area contributed by atoms with Gasteiger partial charge in [0.2, 0.25) is 0 Å². The first kappa shape index (κ1) is 23.5. The molecule has 0 heterocycles. The average Bonchev–Trinajstić information content (AvgIpc) is 2.71. The molecule has 0 radical (unpaired) electrons. The predicted octanol–water partition coefficient (Wildman–Crippen LogP) is 7.04. The van der Waals surface area contributed by atoms with Crippen LogP contribution in [0.5, 0.6) is 5.75 Å². The van der Waals surface area contributed by atoms with E-state index in [0.29, 0.717) is 19.6 Å². The zero-order valence-corrected chi connectivity index (χ0v) is 20.7. The SMILES string of the molecule is CC(O)(CCO[Si](C)(C)C(C)(C)C)c1cccc(OCc2ccc3ccccc3c2)c1. The molecule has 0 bridgehead atoms. The van der Waals surface area contributed by atoms with Gasteiger partial charge in [0.15, 0.2) is 8.32 Å². The van der Waals surface area contributed by atoms with E-state index in [1.54, 1.807) is 0 Å². The Morgan fingerprint density at radius 2 is 1.55 bits per heavy atom. The van der Waals surface area contributed by atoms with Crippen LogP contribution in [-0.2, 0) is 16.6 Å². The number of aliphatic hydroxyl groups is 1. The summed E-state index contributed by atoms with van der Waals surface area (Å²) in [6.07, 6.45) is 0.549. The second kappa shape index (κ2) is 9.15. The summed E-state index contributed by atoms with van der Waals surface area (Å²) in [5, 5.41) is 13.7. The van der Waals surface area contributed by atoms with Gasteiger partial charge >= 0.3 is 0 Å². The molecule has 3 aromatic carbocycles. The fourth-order valence-corrected chi connectivity index (χ4v) is 4.33. The molecule has 31 heavy (non-hydrogen) atoms. The minimum atomic E-state index is -1.82. The third-order valence-electron chi connectivity index (χ3n) is 6.53. The third-order valence-corrected chi connectivity index (χ3v) is 11.1. The summed E-state index contributed by atoms with van der Waals surface area (Å²) in [5.74, 6) is 0.760. The highest BCUT2D eigenvalue weighted by atomic mass is 28.4. The summed E-state index contributed by atoms with van der Waals surface area (Å²) in [7, 11) is -1.82. The average molecular weight is 437 g/mol. The van der Waals surface area contributed by atoms with E-state index in [1.165, 1.54) is 10.8 Å². The second-order valence-corrected chi connectivity index (χ2v) is 14.9. The summed E-state index contributed by atoms with van der Waals surface area (Å²) < 4.78 is 12.3. The van der Waals surface area contributed by atoms with Crippen LogP contribution in [0.2, 0.25) is 18.1 Å². The van der Waals surface area contributed by atoms with Crippen LogP contribution in [0.3, 0.4) is 0 Å². The maximum Gasteiger partial charge on any atom is 0.191 e. The molecular formula is C27H36O3Si. The smallest absolute Gasteiger partial charge is 0.191 e. The Morgan fingerprint density at radius 1 is 0.839 bits per heavy atom. The molecule has 0 aliphatic heterocycles. The quantitative estimate of drug-likeness (QED) is 0.385. The fourth-order valence-electron chi connectivity index (χ4n) is 3.28. The van der Waals surface area contributed by atoms with Gasteiger partial charge in [-0.05, 0) is 65.2 Å². The van der Waals surface area contributed by atoms with Crippen molar-refractivity contribution in [3.63, 3.8) is 0 Å². The third kappa shape index (κ3) is 5.97. The summed E-state index contributed by atoms with van der Waals surface area (Å²) in [6.45, 7) is 14.1. The van der Waals surface area contributed by atoms with Gasteiger partial charge in [-0.25, -0.2) is 0 Å². The number of hydrogen-bond acceptors (Lipinski definition) is 3. The molecule has 3 aromatic rings. The Labute approximate surface area is 188 Å². The van der Waals surface area contributed by atoms with Gasteiger partial charge in [0, 0.05) is 13.0 Å². The van der Waals surface area contributed by atoms with E-state index in [-0.39, 0.29) is 5.04 Å². The van der Waals surface area contributed by atoms with Crippen molar-refractivity contribution < 1.29 is 14.3 Å². The Morgan fingerprint density at radius 3 is 2.26 bits per heavy atom. The van der Waals surface area contributed by atoms with Crippen LogP contribution in [0.1, 0.15) is 45.2 Å². The van der Waals surface area contributed by atoms with Crippen molar-refractivity contribution in [2.45, 2.75) is 64.5 Å². The van der Waals surface area contributed by atoms with E-state index >= 15 is 0 Å². The van der Waals surface area contributed by atoms with Crippen molar-refractivity contribution in [3.8, 4) is 5.75 Å². The predicted molar refractivity (Wildman–Crippen MR) is 132 cm³/mol. The van der Waals surface area contributed by atoms with E-state index in [1.807, 2.05) is 43.3 Å². The molecule has 3 nitrogen and oxygen atoms in total. The lowest BCUT2D eigenvalue weighted by atomic mass is 9.93. The Bertz CT molecular complexity index is 1020. The zero-order valence-electron chi connectivity index (χ0n) is 19.7. The van der Waals surface area contributed by atoms with E-state index in [0.717, 1.165) is 16.9 Å². The number of fused-ring (bicyclic) bond motifs is 1. The van der Waals surface area contributed by atoms with Crippen molar-refractivity contribution in [3.05, 3.63) is 77.9 Å². The standard InChI is InChI=1S/C27H36O3Si/c1-26(2,3)31(5,6)30-17-16-27(4,28)24-12-9-13-25(19-24)29-20-21-14-15-22-10-7-8-11-23(22)18-21/h7-15,18-19,28H,16-17,20H2,1-6H3. The summed E-state index contributed by atoms with van der Waals surface area (Å²) in [6, 6.07) is 22.5. The number of hydrogen-bond donors (Lipinski definition) is 1. The highest BCUT2D eigenvalue weighted by Crippen LogP contribution is 2.37. The monoisotopic (exact) mass is 436 g/mol. The van der Waals surface area contributed by atoms with Crippen LogP contribution < -0.4 is 4.74 Å². The lowest BCUT2D eigenvalue weighted by molar-refractivity contribution is 0.0313. The van der Waals surface area contributed by atoms with Gasteiger partial charge in [0.05, 0.1) is 5.60 Å². The summed E-state index contributed by atoms with van der Waals surface area (Å²) >= 11 is 0. The van der Waals surface area contributed by atoms with E-state index in [2.05, 4.69) is 64.2 Å². The molecule has 3 rings (SSSR count). The minimum absolute atomic E-state index is 0.162. The van der Waals surface area contributed by atoms with E-state index in [4.69, 9.17) is 9.16 Å². The maximum atomic E-state index is 11.1. The molecule has 1 atom stereocenters. The van der Waals surface area contributed by atoms with Crippen molar-refractivity contribution >= 4 is 19.1 Å². The molecule has 1 N–H and O–H groups in total. The summed E-state index contributed by atoms with van der Waals surface area (Å²) in [4.78, 5) is 0. The van der Waals surface area contributed by atoms with Crippen molar-refractivity contribution in [1.29, 1.82) is 0 Å². The molecule has 0 fully saturated rings. The Balaban J connectivity index is 1.62. The van der Waals surface area contributed by atoms with E-state index in [9.17, 15) is 5.11 Å². The molecule has 1 unspecified atom stereocenters. The van der Waals surface area contributed by atoms with E-state index < -0.39 is 13.9 Å². The normalized spacial score (nSPS) is 14.4. The van der Waals surface area contributed by atoms with Crippen LogP contribution in [0.4, 0.5) is 0 Å². The van der Waals surface area contributed by atoms with Crippen LogP contribution in [-0.4, -0.2) is 20.0 Å². The topological polar surface area (TPSA) is 38.7 Å². The first-order chi connectivity index (χ1) is 14.5. The molecule has 0 spiro atoms. The molecule has 0 amide bonds. The van der Waals surface area contributed by atoms with Crippen molar-refractivity contribution in [2.75, 3.05) is 6.61 Å². The second-order valence-electron chi connectivity index (χ2n) is 10.1. The highest BCUT2D eigenvalue weighted by molar-refractivity contribution is 6.74. The molecule has 0 saturated heterocycles. The lowest BCUT2D eigenvalue weighted by Crippen LogP contribution is -2.41. The Hall–Kier alpha value is -2.14. The Kier molecular flexibility index (Phi) is 6.94. The first-order valence-electron chi connectivity index (χ1n) is 11.1. The molecule has 0 aliphatic carbocycles. The van der Waals surface area contributed by atoms with Crippen molar-refractivity contribution in [2.24, 2.45) is 0 Å². The molecule has 0 aliphatic rings. The van der Waals surface area contributed by atoms with Gasteiger partial charge in [-0.15, -0.1) is 0 Å². The number of rotatable bonds is 8. The highest BCUT2D eigenvalue weighted by Gasteiger charge is 2.37. The largest absolute Gasteiger partial charge is 0.489 e. The number of benzene rings is 3. The van der Waals surface area contributed by atoms with Crippen LogP contribution >= 0.6 is 0 Å². The lowest BCUT2D eigenvalue weighted by Gasteiger charge is -2.37. The molecule has 0 aromatic heterocycles. The van der Waals surface area contributed by atoms with Crippen molar-refractivity contribution in [1.82, 2.24) is 0 Å². The summed E-state index contributed by atoms with van der Waals surface area (Å²) in [5.41, 5.74) is 1.01. The van der Waals surface area contributed by atoms with Gasteiger partial charge in [0.25, 0.3) is 0 Å². The minimum Gasteiger partial charge on any atom is -0.489 e. The van der Waals surface area contributed by atoms with Gasteiger partial charge in [-0.2, -0.15) is 0 Å². The van der Waals surface area contributed by atoms with Gasteiger partial charge in [-0.1, -0.05) is 69.3 Å². The van der Waals surface area contributed by atoms with Crippen LogP contribution in [0, 0.1) is 0 Å². The zero-order chi connectivity index (χ0) is 22.7. The molecule has 166 valence electrons. The first-order valence-corrected chi connectivity index (χ1v) is 14.0.